The van der Waals surface area contributed by atoms with Crippen LogP contribution < -0.4 is 21.0 Å². The lowest BCUT2D eigenvalue weighted by atomic mass is 10.1. The minimum atomic E-state index is -1.61. The van der Waals surface area contributed by atoms with Crippen LogP contribution in [0.5, 0.6) is 0 Å². The van der Waals surface area contributed by atoms with Gasteiger partial charge in [-0.05, 0) is 56.2 Å². The molecule has 0 fully saturated rings. The Kier molecular flexibility index (Phi) is 11.0. The summed E-state index contributed by atoms with van der Waals surface area (Å²) >= 11 is 0. The van der Waals surface area contributed by atoms with Crippen LogP contribution in [0.1, 0.15) is 52.4 Å². The number of carbonyl (C=O) groups is 1. The van der Waals surface area contributed by atoms with Crippen LogP contribution in [0, 0.1) is 0 Å². The van der Waals surface area contributed by atoms with E-state index in [-0.39, 0.29) is 0 Å². The van der Waals surface area contributed by atoms with Gasteiger partial charge in [-0.3, -0.25) is 0 Å². The number of carboxylic acid groups (broad SMARTS) is 1. The van der Waals surface area contributed by atoms with Crippen LogP contribution in [0.3, 0.4) is 0 Å². The summed E-state index contributed by atoms with van der Waals surface area (Å²) in [6.07, 6.45) is 9.34. The van der Waals surface area contributed by atoms with Gasteiger partial charge < -0.3 is 9.90 Å². The quantitative estimate of drug-likeness (QED) is 0.329. The van der Waals surface area contributed by atoms with Gasteiger partial charge in [0.2, 0.25) is 0 Å². The highest BCUT2D eigenvalue weighted by molar-refractivity contribution is 7.95. The number of aliphatic carboxylic acids is 1. The maximum absolute atomic E-state index is 8.89. The van der Waals surface area contributed by atoms with Crippen molar-refractivity contribution >= 4 is 29.1 Å². The van der Waals surface area contributed by atoms with Gasteiger partial charge in [0.15, 0.2) is 0 Å². The third-order valence-corrected chi connectivity index (χ3v) is 9.96. The lowest BCUT2D eigenvalue weighted by molar-refractivity contribution is -0.302. The van der Waals surface area contributed by atoms with Crippen LogP contribution in [0.25, 0.3) is 0 Å². The Hall–Kier alpha value is -2.44. The van der Waals surface area contributed by atoms with Crippen molar-refractivity contribution in [3.63, 3.8) is 0 Å². The van der Waals surface area contributed by atoms with Crippen molar-refractivity contribution in [2.45, 2.75) is 52.4 Å². The van der Waals surface area contributed by atoms with E-state index in [1.807, 2.05) is 0 Å². The van der Waals surface area contributed by atoms with E-state index in [0.29, 0.717) is 0 Å². The molecule has 3 aromatic rings. The Morgan fingerprint density at radius 1 is 0.645 bits per heavy atom. The van der Waals surface area contributed by atoms with E-state index in [1.165, 1.54) is 60.6 Å². The molecule has 0 amide bonds. The Morgan fingerprint density at radius 3 is 1.32 bits per heavy atom. The summed E-state index contributed by atoms with van der Waals surface area (Å²) in [7, 11) is -1.61. The number of rotatable bonds is 10. The highest BCUT2D eigenvalue weighted by atomic mass is 31.2. The van der Waals surface area contributed by atoms with Crippen LogP contribution in [0.15, 0.2) is 91.0 Å². The second-order valence-electron chi connectivity index (χ2n) is 7.80. The topological polar surface area (TPSA) is 40.1 Å². The van der Waals surface area contributed by atoms with E-state index >= 15 is 0 Å². The Balaban J connectivity index is 0.000000785. The van der Waals surface area contributed by atoms with E-state index in [1.54, 1.807) is 0 Å². The van der Waals surface area contributed by atoms with Gasteiger partial charge in [0.05, 0.1) is 6.16 Å². The van der Waals surface area contributed by atoms with Crippen molar-refractivity contribution in [3.8, 4) is 0 Å². The number of carbonyl (C=O) groups excluding carboxylic acids is 1. The fourth-order valence-electron chi connectivity index (χ4n) is 4.01. The molecule has 0 saturated heterocycles. The Bertz CT molecular complexity index is 763. The third-order valence-electron chi connectivity index (χ3n) is 5.44. The third kappa shape index (κ3) is 7.64. The first-order chi connectivity index (χ1) is 15.1. The number of hydrogen-bond donors (Lipinski definition) is 0. The molecule has 3 aromatic carbocycles. The number of carboxylic acids is 1. The van der Waals surface area contributed by atoms with Gasteiger partial charge in [-0.15, -0.1) is 0 Å². The van der Waals surface area contributed by atoms with E-state index in [0.717, 1.165) is 6.92 Å². The van der Waals surface area contributed by atoms with Crippen molar-refractivity contribution in [3.05, 3.63) is 91.0 Å². The van der Waals surface area contributed by atoms with E-state index in [9.17, 15) is 0 Å². The molecule has 0 aliphatic rings. The van der Waals surface area contributed by atoms with Crippen LogP contribution in [-0.2, 0) is 4.79 Å². The first kappa shape index (κ1) is 24.8. The highest BCUT2D eigenvalue weighted by Crippen LogP contribution is 2.55. The molecule has 0 aliphatic heterocycles. The van der Waals surface area contributed by atoms with Crippen LogP contribution in [-0.4, -0.2) is 12.1 Å². The zero-order chi connectivity index (χ0) is 22.4. The average Bonchev–Trinajstić information content (AvgIpc) is 2.80. The van der Waals surface area contributed by atoms with Crippen molar-refractivity contribution in [2.75, 3.05) is 6.16 Å². The first-order valence-corrected chi connectivity index (χ1v) is 13.3. The van der Waals surface area contributed by atoms with Gasteiger partial charge in [0.1, 0.15) is 23.2 Å². The van der Waals surface area contributed by atoms with E-state index < -0.39 is 13.2 Å². The van der Waals surface area contributed by atoms with Crippen molar-refractivity contribution in [2.24, 2.45) is 0 Å². The first-order valence-electron chi connectivity index (χ1n) is 11.3. The van der Waals surface area contributed by atoms with Crippen molar-refractivity contribution in [1.82, 2.24) is 0 Å². The molecule has 0 aliphatic carbocycles. The normalized spacial score (nSPS) is 10.8. The van der Waals surface area contributed by atoms with Crippen LogP contribution >= 0.6 is 7.26 Å². The standard InChI is InChI=1S/C26H32P.C2H4O2/c1-2-3-4-5-6-16-23-27(24-17-10-7-11-18-24,25-19-12-8-13-20-25)26-21-14-9-15-22-26;1-2(3)4/h7-15,17-22H,2-6,16,23H2,1H3;1H3,(H,3,4)/q+1;/p-1. The monoisotopic (exact) mass is 434 g/mol. The van der Waals surface area contributed by atoms with Crippen LogP contribution in [0.4, 0.5) is 0 Å². The molecular weight excluding hydrogens is 399 g/mol. The van der Waals surface area contributed by atoms with Gasteiger partial charge in [-0.1, -0.05) is 87.2 Å². The highest BCUT2D eigenvalue weighted by Gasteiger charge is 2.44. The van der Waals surface area contributed by atoms with Crippen molar-refractivity contribution < 1.29 is 9.90 Å². The lowest BCUT2D eigenvalue weighted by Crippen LogP contribution is -2.33. The Morgan fingerprint density at radius 2 is 0.968 bits per heavy atom. The molecule has 0 unspecified atom stereocenters. The number of benzene rings is 3. The summed E-state index contributed by atoms with van der Waals surface area (Å²) in [4.78, 5) is 8.89. The number of unbranched alkanes of at least 4 members (excludes halogenated alkanes) is 5. The Labute approximate surface area is 188 Å². The average molecular weight is 435 g/mol. The molecule has 3 heteroatoms. The molecular formula is C28H35O2P. The predicted octanol–water partition coefficient (Wildman–Crippen LogP) is 5.10. The van der Waals surface area contributed by atoms with Crippen molar-refractivity contribution in [1.29, 1.82) is 0 Å². The van der Waals surface area contributed by atoms with Crippen LogP contribution in [0.2, 0.25) is 0 Å². The minimum absolute atomic E-state index is 0.972. The molecule has 0 bridgehead atoms. The molecule has 0 heterocycles. The minimum Gasteiger partial charge on any atom is -0.550 e. The molecule has 0 atom stereocenters. The fraction of sp³-hybridized carbons (Fsp3) is 0.321. The van der Waals surface area contributed by atoms with Gasteiger partial charge >= 0.3 is 0 Å². The smallest absolute Gasteiger partial charge is 0.112 e. The SMILES string of the molecule is CC(=O)[O-].CCCCCCCC[P+](c1ccccc1)(c1ccccc1)c1ccccc1. The molecule has 3 rings (SSSR count). The summed E-state index contributed by atoms with van der Waals surface area (Å²) < 4.78 is 0. The molecule has 2 nitrogen and oxygen atoms in total. The maximum atomic E-state index is 8.89. The summed E-state index contributed by atoms with van der Waals surface area (Å²) in [6, 6.07) is 33.8. The van der Waals surface area contributed by atoms with Gasteiger partial charge in [0, 0.05) is 5.97 Å². The molecule has 0 N–H and O–H groups in total. The molecule has 0 spiro atoms. The summed E-state index contributed by atoms with van der Waals surface area (Å²) in [6.45, 7) is 3.26. The van der Waals surface area contributed by atoms with Gasteiger partial charge in [0.25, 0.3) is 0 Å². The summed E-state index contributed by atoms with van der Waals surface area (Å²) in [5.74, 6) is -1.08. The fourth-order valence-corrected chi connectivity index (χ4v) is 8.42. The molecule has 164 valence electrons. The molecule has 0 radical (unpaired) electrons. The maximum Gasteiger partial charge on any atom is 0.112 e. The molecule has 31 heavy (non-hydrogen) atoms. The lowest BCUT2D eigenvalue weighted by Gasteiger charge is -2.27. The zero-order valence-corrected chi connectivity index (χ0v) is 19.8. The second-order valence-corrected chi connectivity index (χ2v) is 11.4. The van der Waals surface area contributed by atoms with Gasteiger partial charge in [-0.25, -0.2) is 0 Å². The largest absolute Gasteiger partial charge is 0.550 e. The molecule has 0 aromatic heterocycles. The summed E-state index contributed by atoms with van der Waals surface area (Å²) in [5, 5.41) is 13.4. The second kappa shape index (κ2) is 13.8. The van der Waals surface area contributed by atoms with E-state index in [4.69, 9.17) is 9.90 Å². The summed E-state index contributed by atoms with van der Waals surface area (Å²) in [5.41, 5.74) is 0. The van der Waals surface area contributed by atoms with E-state index in [2.05, 4.69) is 97.9 Å². The predicted molar refractivity (Wildman–Crippen MR) is 134 cm³/mol. The van der Waals surface area contributed by atoms with Gasteiger partial charge in [-0.2, -0.15) is 0 Å². The zero-order valence-electron chi connectivity index (χ0n) is 18.9. The number of hydrogen-bond acceptors (Lipinski definition) is 2. The molecule has 0 saturated carbocycles.